The van der Waals surface area contributed by atoms with Crippen molar-refractivity contribution in [3.63, 3.8) is 0 Å². The lowest BCUT2D eigenvalue weighted by atomic mass is 10.1. The van der Waals surface area contributed by atoms with Gasteiger partial charge in [-0.2, -0.15) is 0 Å². The van der Waals surface area contributed by atoms with E-state index in [0.717, 1.165) is 16.8 Å². The van der Waals surface area contributed by atoms with Crippen LogP contribution in [0.25, 0.3) is 11.3 Å². The van der Waals surface area contributed by atoms with Gasteiger partial charge in [0.25, 0.3) is 0 Å². The van der Waals surface area contributed by atoms with Crippen LogP contribution in [0.4, 0.5) is 5.69 Å². The van der Waals surface area contributed by atoms with Gasteiger partial charge in [-0.1, -0.05) is 12.1 Å². The summed E-state index contributed by atoms with van der Waals surface area (Å²) < 4.78 is 0. The predicted molar refractivity (Wildman–Crippen MR) is 82.9 cm³/mol. The zero-order valence-electron chi connectivity index (χ0n) is 11.6. The third-order valence-corrected chi connectivity index (χ3v) is 2.87. The number of carbonyl (C=O) groups is 1. The zero-order valence-corrected chi connectivity index (χ0v) is 12.4. The average molecular weight is 293 g/mol. The van der Waals surface area contributed by atoms with Crippen LogP contribution in [0.15, 0.2) is 36.4 Å². The number of pyridine rings is 1. The molecule has 0 amide bonds. The molecule has 20 heavy (non-hydrogen) atoms. The van der Waals surface area contributed by atoms with E-state index in [-0.39, 0.29) is 18.1 Å². The molecule has 1 aromatic heterocycles. The number of anilines is 1. The van der Waals surface area contributed by atoms with Crippen molar-refractivity contribution in [2.24, 2.45) is 0 Å². The molecule has 0 aliphatic heterocycles. The summed E-state index contributed by atoms with van der Waals surface area (Å²) in [7, 11) is 3.95. The van der Waals surface area contributed by atoms with E-state index in [1.165, 1.54) is 0 Å². The first-order valence-electron chi connectivity index (χ1n) is 5.97. The third kappa shape index (κ3) is 3.48. The molecule has 0 aliphatic rings. The van der Waals surface area contributed by atoms with Crippen molar-refractivity contribution in [2.45, 2.75) is 6.92 Å². The first-order chi connectivity index (χ1) is 8.97. The van der Waals surface area contributed by atoms with Crippen LogP contribution in [-0.2, 0) is 0 Å². The summed E-state index contributed by atoms with van der Waals surface area (Å²) in [6.07, 6.45) is 0. The molecule has 0 atom stereocenters. The Bertz CT molecular complexity index is 610. The number of aryl methyl sites for hydroxylation is 1. The van der Waals surface area contributed by atoms with E-state index in [4.69, 9.17) is 5.11 Å². The monoisotopic (exact) mass is 292 g/mol. The number of rotatable bonds is 3. The van der Waals surface area contributed by atoms with Crippen molar-refractivity contribution >= 4 is 24.1 Å². The zero-order chi connectivity index (χ0) is 14.0. The van der Waals surface area contributed by atoms with Gasteiger partial charge in [0.2, 0.25) is 0 Å². The molecule has 5 heteroatoms. The van der Waals surface area contributed by atoms with Crippen molar-refractivity contribution in [3.05, 3.63) is 47.7 Å². The van der Waals surface area contributed by atoms with Crippen LogP contribution in [-0.4, -0.2) is 30.2 Å². The maximum Gasteiger partial charge on any atom is 0.354 e. The molecule has 1 aromatic carbocycles. The molecule has 0 fully saturated rings. The summed E-state index contributed by atoms with van der Waals surface area (Å²) in [6.45, 7) is 1.87. The van der Waals surface area contributed by atoms with Gasteiger partial charge in [0.15, 0.2) is 0 Å². The smallest absolute Gasteiger partial charge is 0.354 e. The Morgan fingerprint density at radius 3 is 2.25 bits per heavy atom. The quantitative estimate of drug-likeness (QED) is 0.943. The number of carboxylic acids is 1. The summed E-state index contributed by atoms with van der Waals surface area (Å²) in [5.74, 6) is -1.00. The highest BCUT2D eigenvalue weighted by atomic mass is 35.5. The average Bonchev–Trinajstić information content (AvgIpc) is 2.38. The van der Waals surface area contributed by atoms with E-state index in [0.29, 0.717) is 5.69 Å². The van der Waals surface area contributed by atoms with E-state index >= 15 is 0 Å². The van der Waals surface area contributed by atoms with Gasteiger partial charge >= 0.3 is 5.97 Å². The Morgan fingerprint density at radius 2 is 1.75 bits per heavy atom. The first kappa shape index (κ1) is 16.0. The minimum atomic E-state index is -1.00. The molecule has 2 aromatic rings. The second-order valence-electron chi connectivity index (χ2n) is 4.66. The Labute approximate surface area is 124 Å². The number of halogens is 1. The fraction of sp³-hybridized carbons (Fsp3) is 0.200. The van der Waals surface area contributed by atoms with E-state index < -0.39 is 5.97 Å². The lowest BCUT2D eigenvalue weighted by Gasteiger charge is -2.12. The van der Waals surface area contributed by atoms with Gasteiger partial charge in [-0.15, -0.1) is 12.4 Å². The van der Waals surface area contributed by atoms with E-state index in [9.17, 15) is 4.79 Å². The van der Waals surface area contributed by atoms with E-state index in [2.05, 4.69) is 4.98 Å². The van der Waals surface area contributed by atoms with Crippen LogP contribution >= 0.6 is 12.4 Å². The van der Waals surface area contributed by atoms with Crippen molar-refractivity contribution < 1.29 is 9.90 Å². The first-order valence-corrected chi connectivity index (χ1v) is 5.97. The Hall–Kier alpha value is -2.07. The fourth-order valence-corrected chi connectivity index (χ4v) is 1.86. The summed E-state index contributed by atoms with van der Waals surface area (Å²) >= 11 is 0. The van der Waals surface area contributed by atoms with Crippen LogP contribution in [0.5, 0.6) is 0 Å². The molecule has 0 aliphatic carbocycles. The number of aromatic nitrogens is 1. The molecule has 0 spiro atoms. The Balaban J connectivity index is 0.00000200. The fourth-order valence-electron chi connectivity index (χ4n) is 1.86. The molecule has 0 unspecified atom stereocenters. The molecular weight excluding hydrogens is 276 g/mol. The van der Waals surface area contributed by atoms with Crippen LogP contribution in [0.2, 0.25) is 0 Å². The topological polar surface area (TPSA) is 53.4 Å². The maximum absolute atomic E-state index is 11.0. The minimum absolute atomic E-state index is 0. The lowest BCUT2D eigenvalue weighted by molar-refractivity contribution is 0.0690. The predicted octanol–water partition coefficient (Wildman–Crippen LogP) is 3.24. The van der Waals surface area contributed by atoms with Crippen molar-refractivity contribution in [3.8, 4) is 11.3 Å². The molecule has 0 saturated carbocycles. The second kappa shape index (κ2) is 6.39. The molecule has 1 N–H and O–H groups in total. The van der Waals surface area contributed by atoms with E-state index in [1.54, 1.807) is 6.07 Å². The molecule has 106 valence electrons. The lowest BCUT2D eigenvalue weighted by Crippen LogP contribution is -2.08. The van der Waals surface area contributed by atoms with Crippen LogP contribution in [0, 0.1) is 6.92 Å². The molecular formula is C15H17ClN2O2. The number of benzene rings is 1. The summed E-state index contributed by atoms with van der Waals surface area (Å²) in [5.41, 5.74) is 3.65. The highest BCUT2D eigenvalue weighted by molar-refractivity contribution is 5.86. The normalized spacial score (nSPS) is 9.75. The highest BCUT2D eigenvalue weighted by Crippen LogP contribution is 2.22. The summed E-state index contributed by atoms with van der Waals surface area (Å²) in [6, 6.07) is 11.3. The van der Waals surface area contributed by atoms with Crippen molar-refractivity contribution in [1.82, 2.24) is 4.98 Å². The molecule has 2 rings (SSSR count). The SMILES string of the molecule is Cc1cc(C(=O)O)nc(-c2ccc(N(C)C)cc2)c1.Cl. The third-order valence-electron chi connectivity index (χ3n) is 2.87. The van der Waals surface area contributed by atoms with Gasteiger partial charge < -0.3 is 10.0 Å². The van der Waals surface area contributed by atoms with Crippen molar-refractivity contribution in [2.75, 3.05) is 19.0 Å². The molecule has 1 heterocycles. The van der Waals surface area contributed by atoms with Gasteiger partial charge in [-0.05, 0) is 36.8 Å². The van der Waals surface area contributed by atoms with Gasteiger partial charge in [-0.25, -0.2) is 9.78 Å². The minimum Gasteiger partial charge on any atom is -0.477 e. The molecule has 0 bridgehead atoms. The Morgan fingerprint density at radius 1 is 1.15 bits per heavy atom. The number of hydrogen-bond acceptors (Lipinski definition) is 3. The Kier molecular flexibility index (Phi) is 5.11. The molecule has 4 nitrogen and oxygen atoms in total. The number of aromatic carboxylic acids is 1. The number of nitrogens with zero attached hydrogens (tertiary/aromatic N) is 2. The van der Waals surface area contributed by atoms with Gasteiger partial charge in [-0.3, -0.25) is 0 Å². The van der Waals surface area contributed by atoms with Gasteiger partial charge in [0, 0.05) is 25.3 Å². The maximum atomic E-state index is 11.0. The largest absolute Gasteiger partial charge is 0.477 e. The second-order valence-corrected chi connectivity index (χ2v) is 4.66. The van der Waals surface area contributed by atoms with Gasteiger partial charge in [0.1, 0.15) is 5.69 Å². The number of hydrogen-bond donors (Lipinski definition) is 1. The summed E-state index contributed by atoms with van der Waals surface area (Å²) in [5, 5.41) is 9.03. The van der Waals surface area contributed by atoms with Crippen LogP contribution in [0.1, 0.15) is 16.1 Å². The molecule has 0 saturated heterocycles. The summed E-state index contributed by atoms with van der Waals surface area (Å²) in [4.78, 5) is 17.2. The highest BCUT2D eigenvalue weighted by Gasteiger charge is 2.08. The molecule has 0 radical (unpaired) electrons. The van der Waals surface area contributed by atoms with Gasteiger partial charge in [0.05, 0.1) is 5.69 Å². The standard InChI is InChI=1S/C15H16N2O2.ClH/c1-10-8-13(16-14(9-10)15(18)19)11-4-6-12(7-5-11)17(2)3;/h4-9H,1-3H3,(H,18,19);1H. The van der Waals surface area contributed by atoms with Crippen LogP contribution in [0.3, 0.4) is 0 Å². The van der Waals surface area contributed by atoms with Crippen LogP contribution < -0.4 is 4.90 Å². The van der Waals surface area contributed by atoms with E-state index in [1.807, 2.05) is 56.3 Å². The number of carboxylic acid groups (broad SMARTS) is 1. The van der Waals surface area contributed by atoms with Crippen molar-refractivity contribution in [1.29, 1.82) is 0 Å².